The molecule has 0 aliphatic heterocycles. The van der Waals surface area contributed by atoms with E-state index in [2.05, 4.69) is 5.32 Å². The van der Waals surface area contributed by atoms with E-state index >= 15 is 0 Å². The molecule has 7 heteroatoms. The van der Waals surface area contributed by atoms with E-state index in [1.54, 1.807) is 45.0 Å². The van der Waals surface area contributed by atoms with Gasteiger partial charge in [0.05, 0.1) is 0 Å². The topological polar surface area (TPSA) is 75.6 Å². The molecule has 0 heterocycles. The van der Waals surface area contributed by atoms with Crippen molar-refractivity contribution in [3.63, 3.8) is 0 Å². The number of alkyl carbamates (subject to hydrolysis) is 1. The predicted octanol–water partition coefficient (Wildman–Crippen LogP) is 4.15. The lowest BCUT2D eigenvalue weighted by atomic mass is 10.0. The van der Waals surface area contributed by atoms with Gasteiger partial charge >= 0.3 is 12.1 Å². The monoisotopic (exact) mass is 377 g/mol. The Morgan fingerprint density at radius 1 is 1.11 bits per heavy atom. The molecule has 144 valence electrons. The maximum absolute atomic E-state index is 13.9. The van der Waals surface area contributed by atoms with Crippen molar-refractivity contribution >= 4 is 12.1 Å². The van der Waals surface area contributed by atoms with Gasteiger partial charge in [-0.25, -0.2) is 18.4 Å². The molecule has 2 rings (SSSR count). The quantitative estimate of drug-likeness (QED) is 0.821. The van der Waals surface area contributed by atoms with Gasteiger partial charge in [0.2, 0.25) is 0 Å². The molecular formula is C20H21F2NO4. The summed E-state index contributed by atoms with van der Waals surface area (Å²) < 4.78 is 31.9. The van der Waals surface area contributed by atoms with Gasteiger partial charge in [-0.05, 0) is 44.0 Å². The molecule has 2 N–H and O–H groups in total. The Bertz CT molecular complexity index is 829. The van der Waals surface area contributed by atoms with Gasteiger partial charge in [-0.2, -0.15) is 0 Å². The van der Waals surface area contributed by atoms with Crippen molar-refractivity contribution in [1.29, 1.82) is 0 Å². The van der Waals surface area contributed by atoms with Crippen LogP contribution in [-0.2, 0) is 16.0 Å². The molecule has 2 aromatic rings. The van der Waals surface area contributed by atoms with Gasteiger partial charge in [0.15, 0.2) is 0 Å². The summed E-state index contributed by atoms with van der Waals surface area (Å²) in [5, 5.41) is 11.6. The lowest BCUT2D eigenvalue weighted by Crippen LogP contribution is -2.44. The first-order chi connectivity index (χ1) is 12.5. The summed E-state index contributed by atoms with van der Waals surface area (Å²) in [6.45, 7) is 5.03. The van der Waals surface area contributed by atoms with Crippen LogP contribution in [0.1, 0.15) is 26.3 Å². The van der Waals surface area contributed by atoms with Crippen LogP contribution >= 0.6 is 0 Å². The van der Waals surface area contributed by atoms with Crippen molar-refractivity contribution < 1.29 is 28.2 Å². The zero-order chi connectivity index (χ0) is 20.2. The molecule has 0 aliphatic rings. The second-order valence-electron chi connectivity index (χ2n) is 7.06. The van der Waals surface area contributed by atoms with Crippen LogP contribution in [0.5, 0.6) is 0 Å². The van der Waals surface area contributed by atoms with Crippen LogP contribution in [0.25, 0.3) is 11.1 Å². The van der Waals surface area contributed by atoms with Crippen molar-refractivity contribution in [2.75, 3.05) is 0 Å². The second kappa shape index (κ2) is 8.16. The number of hydrogen-bond acceptors (Lipinski definition) is 3. The molecule has 0 bridgehead atoms. The molecule has 27 heavy (non-hydrogen) atoms. The molecule has 2 aromatic carbocycles. The number of hydrogen-bond donors (Lipinski definition) is 2. The Morgan fingerprint density at radius 2 is 1.74 bits per heavy atom. The summed E-state index contributed by atoms with van der Waals surface area (Å²) in [4.78, 5) is 23.2. The number of ether oxygens (including phenoxy) is 1. The minimum absolute atomic E-state index is 0.0285. The van der Waals surface area contributed by atoms with Gasteiger partial charge in [-0.15, -0.1) is 0 Å². The molecule has 0 saturated carbocycles. The summed E-state index contributed by atoms with van der Waals surface area (Å²) in [6, 6.07) is 8.61. The fourth-order valence-corrected chi connectivity index (χ4v) is 2.43. The molecule has 0 saturated heterocycles. The molecule has 1 unspecified atom stereocenters. The largest absolute Gasteiger partial charge is 0.480 e. The van der Waals surface area contributed by atoms with Crippen molar-refractivity contribution in [3.8, 4) is 11.1 Å². The highest BCUT2D eigenvalue weighted by atomic mass is 19.1. The fraction of sp³-hybridized carbons (Fsp3) is 0.300. The average molecular weight is 377 g/mol. The van der Waals surface area contributed by atoms with Gasteiger partial charge in [-0.1, -0.05) is 24.3 Å². The molecule has 1 amide bonds. The highest BCUT2D eigenvalue weighted by molar-refractivity contribution is 5.80. The molecule has 1 atom stereocenters. The standard InChI is InChI=1S/C20H21F2NO4/c1-20(2,3)27-19(26)23-17(18(24)25)10-12-4-6-13(7-5-12)15-9-8-14(21)11-16(15)22/h4-9,11,17H,10H2,1-3H3,(H,23,26)(H,24,25). The number of carbonyl (C=O) groups excluding carboxylic acids is 1. The highest BCUT2D eigenvalue weighted by Crippen LogP contribution is 2.24. The van der Waals surface area contributed by atoms with Crippen LogP contribution in [0.3, 0.4) is 0 Å². The number of benzene rings is 2. The number of carboxylic acids is 1. The Labute approximate surface area is 156 Å². The smallest absolute Gasteiger partial charge is 0.408 e. The minimum atomic E-state index is -1.20. The van der Waals surface area contributed by atoms with Crippen molar-refractivity contribution in [3.05, 3.63) is 59.7 Å². The first-order valence-corrected chi connectivity index (χ1v) is 8.32. The van der Waals surface area contributed by atoms with Gasteiger partial charge in [-0.3, -0.25) is 0 Å². The summed E-state index contributed by atoms with van der Waals surface area (Å²) in [5.41, 5.74) is 0.658. The number of carboxylic acid groups (broad SMARTS) is 1. The van der Waals surface area contributed by atoms with E-state index in [1.165, 1.54) is 6.07 Å². The minimum Gasteiger partial charge on any atom is -0.480 e. The third-order valence-electron chi connectivity index (χ3n) is 3.62. The SMILES string of the molecule is CC(C)(C)OC(=O)NC(Cc1ccc(-c2ccc(F)cc2F)cc1)C(=O)O. The number of carbonyl (C=O) groups is 2. The maximum Gasteiger partial charge on any atom is 0.408 e. The summed E-state index contributed by atoms with van der Waals surface area (Å²) in [6.07, 6.45) is -0.791. The zero-order valence-corrected chi connectivity index (χ0v) is 15.3. The maximum atomic E-state index is 13.9. The first-order valence-electron chi connectivity index (χ1n) is 8.32. The molecule has 0 radical (unpaired) electrons. The molecule has 0 aliphatic carbocycles. The van der Waals surface area contributed by atoms with E-state index in [9.17, 15) is 23.5 Å². The van der Waals surface area contributed by atoms with Gasteiger partial charge in [0.1, 0.15) is 23.3 Å². The van der Waals surface area contributed by atoms with Crippen LogP contribution in [-0.4, -0.2) is 28.8 Å². The molecular weight excluding hydrogens is 356 g/mol. The number of aliphatic carboxylic acids is 1. The average Bonchev–Trinajstić information content (AvgIpc) is 2.53. The molecule has 5 nitrogen and oxygen atoms in total. The van der Waals surface area contributed by atoms with E-state index in [0.717, 1.165) is 12.1 Å². The van der Waals surface area contributed by atoms with Crippen LogP contribution in [0, 0.1) is 11.6 Å². The normalized spacial score (nSPS) is 12.3. The van der Waals surface area contributed by atoms with Crippen LogP contribution < -0.4 is 5.32 Å². The summed E-state index contributed by atoms with van der Waals surface area (Å²) >= 11 is 0. The Morgan fingerprint density at radius 3 is 2.26 bits per heavy atom. The Kier molecular flexibility index (Phi) is 6.15. The van der Waals surface area contributed by atoms with Crippen molar-refractivity contribution in [2.45, 2.75) is 38.8 Å². The van der Waals surface area contributed by atoms with E-state index in [-0.39, 0.29) is 12.0 Å². The van der Waals surface area contributed by atoms with E-state index in [1.807, 2.05) is 0 Å². The van der Waals surface area contributed by atoms with Gasteiger partial charge in [0.25, 0.3) is 0 Å². The third kappa shape index (κ3) is 6.06. The zero-order valence-electron chi connectivity index (χ0n) is 15.3. The van der Waals surface area contributed by atoms with Gasteiger partial charge in [0, 0.05) is 18.1 Å². The van der Waals surface area contributed by atoms with E-state index in [0.29, 0.717) is 11.1 Å². The van der Waals surface area contributed by atoms with Gasteiger partial charge < -0.3 is 15.2 Å². The summed E-state index contributed by atoms with van der Waals surface area (Å²) in [5.74, 6) is -2.54. The van der Waals surface area contributed by atoms with Crippen molar-refractivity contribution in [2.24, 2.45) is 0 Å². The summed E-state index contributed by atoms with van der Waals surface area (Å²) in [7, 11) is 0. The number of rotatable bonds is 5. The fourth-order valence-electron chi connectivity index (χ4n) is 2.43. The number of amides is 1. The van der Waals surface area contributed by atoms with E-state index < -0.39 is 35.3 Å². The molecule has 0 fully saturated rings. The second-order valence-corrected chi connectivity index (χ2v) is 7.06. The lowest BCUT2D eigenvalue weighted by Gasteiger charge is -2.22. The number of halogens is 2. The lowest BCUT2D eigenvalue weighted by molar-refractivity contribution is -0.139. The Balaban J connectivity index is 2.10. The van der Waals surface area contributed by atoms with Crippen LogP contribution in [0.2, 0.25) is 0 Å². The predicted molar refractivity (Wildman–Crippen MR) is 96.3 cm³/mol. The number of nitrogens with one attached hydrogen (secondary N) is 1. The van der Waals surface area contributed by atoms with Crippen molar-refractivity contribution in [1.82, 2.24) is 5.32 Å². The Hall–Kier alpha value is -2.96. The first kappa shape index (κ1) is 20.4. The third-order valence-corrected chi connectivity index (χ3v) is 3.62. The molecule has 0 spiro atoms. The van der Waals surface area contributed by atoms with Crippen LogP contribution in [0.15, 0.2) is 42.5 Å². The highest BCUT2D eigenvalue weighted by Gasteiger charge is 2.24. The van der Waals surface area contributed by atoms with E-state index in [4.69, 9.17) is 4.74 Å². The van der Waals surface area contributed by atoms with Crippen LogP contribution in [0.4, 0.5) is 13.6 Å². The molecule has 0 aromatic heterocycles.